The average molecular weight is 431 g/mol. The van der Waals surface area contributed by atoms with Crippen molar-refractivity contribution in [2.75, 3.05) is 18.9 Å². The van der Waals surface area contributed by atoms with E-state index >= 15 is 0 Å². The second kappa shape index (κ2) is 10.7. The lowest BCUT2D eigenvalue weighted by molar-refractivity contribution is -0.885. The summed E-state index contributed by atoms with van der Waals surface area (Å²) in [7, 11) is 1.87. The van der Waals surface area contributed by atoms with Crippen molar-refractivity contribution in [2.45, 2.75) is 32.9 Å². The Morgan fingerprint density at radius 2 is 1.44 bits per heavy atom. The molecule has 3 aromatic carbocycles. The number of hydrogen-bond acceptors (Lipinski definition) is 2. The molecule has 0 aliphatic carbocycles. The van der Waals surface area contributed by atoms with Crippen molar-refractivity contribution in [3.05, 3.63) is 101 Å². The number of rotatable bonds is 8. The lowest BCUT2D eigenvalue weighted by atomic mass is 9.98. The normalized spacial score (nSPS) is 12.8. The summed E-state index contributed by atoms with van der Waals surface area (Å²) in [6.07, 6.45) is 0. The molecule has 0 saturated heterocycles. The molecule has 3 aromatic rings. The number of carbonyl (C=O) groups excluding carboxylic acids is 2. The van der Waals surface area contributed by atoms with Gasteiger partial charge in [0.05, 0.1) is 13.1 Å². The van der Waals surface area contributed by atoms with Crippen molar-refractivity contribution in [3.63, 3.8) is 0 Å². The summed E-state index contributed by atoms with van der Waals surface area (Å²) >= 11 is 0. The first kappa shape index (κ1) is 23.2. The van der Waals surface area contributed by atoms with Crippen LogP contribution in [0.15, 0.2) is 78.9 Å². The zero-order chi connectivity index (χ0) is 23.1. The Morgan fingerprint density at radius 1 is 0.875 bits per heavy atom. The molecule has 166 valence electrons. The van der Waals surface area contributed by atoms with Gasteiger partial charge in [0.25, 0.3) is 11.8 Å². The van der Waals surface area contributed by atoms with E-state index in [0.717, 1.165) is 32.8 Å². The van der Waals surface area contributed by atoms with Crippen LogP contribution >= 0.6 is 0 Å². The van der Waals surface area contributed by atoms with Gasteiger partial charge in [0, 0.05) is 5.69 Å². The second-order valence-corrected chi connectivity index (χ2v) is 8.37. The number of benzene rings is 3. The van der Waals surface area contributed by atoms with Gasteiger partial charge < -0.3 is 15.5 Å². The maximum absolute atomic E-state index is 13.1. The van der Waals surface area contributed by atoms with Gasteiger partial charge in [-0.25, -0.2) is 0 Å². The van der Waals surface area contributed by atoms with E-state index in [1.165, 1.54) is 0 Å². The van der Waals surface area contributed by atoms with Gasteiger partial charge in [-0.2, -0.15) is 0 Å². The monoisotopic (exact) mass is 430 g/mol. The van der Waals surface area contributed by atoms with Crippen molar-refractivity contribution >= 4 is 17.5 Å². The van der Waals surface area contributed by atoms with Gasteiger partial charge >= 0.3 is 0 Å². The molecule has 0 heterocycles. The van der Waals surface area contributed by atoms with Crippen LogP contribution in [0.5, 0.6) is 0 Å². The molecule has 1 unspecified atom stereocenters. The Hall–Kier alpha value is -3.44. The maximum atomic E-state index is 13.1. The quantitative estimate of drug-likeness (QED) is 0.514. The number of amides is 2. The first-order valence-electron chi connectivity index (χ1n) is 10.9. The van der Waals surface area contributed by atoms with E-state index in [0.29, 0.717) is 0 Å². The number of anilines is 1. The van der Waals surface area contributed by atoms with Crippen LogP contribution in [0.1, 0.15) is 35.2 Å². The van der Waals surface area contributed by atoms with Gasteiger partial charge in [-0.05, 0) is 49.1 Å². The minimum atomic E-state index is -0.394. The van der Waals surface area contributed by atoms with Crippen molar-refractivity contribution < 1.29 is 14.5 Å². The fourth-order valence-electron chi connectivity index (χ4n) is 3.61. The Labute approximate surface area is 190 Å². The van der Waals surface area contributed by atoms with Crippen LogP contribution in [0.2, 0.25) is 0 Å². The number of hydrogen-bond donors (Lipinski definition) is 3. The first-order chi connectivity index (χ1) is 15.3. The third-order valence-corrected chi connectivity index (χ3v) is 5.79. The number of nitrogens with one attached hydrogen (secondary N) is 3. The summed E-state index contributed by atoms with van der Waals surface area (Å²) in [5.74, 6) is -0.210. The zero-order valence-corrected chi connectivity index (χ0v) is 19.2. The van der Waals surface area contributed by atoms with Gasteiger partial charge in [-0.15, -0.1) is 0 Å². The van der Waals surface area contributed by atoms with Crippen molar-refractivity contribution in [1.82, 2.24) is 5.32 Å². The van der Waals surface area contributed by atoms with E-state index in [4.69, 9.17) is 0 Å². The minimum Gasteiger partial charge on any atom is -0.340 e. The third kappa shape index (κ3) is 6.05. The van der Waals surface area contributed by atoms with E-state index in [1.54, 1.807) is 0 Å². The molecule has 0 bridgehead atoms. The number of quaternary nitrogens is 1. The number of aryl methyl sites for hydroxylation is 2. The van der Waals surface area contributed by atoms with Crippen molar-refractivity contribution in [3.8, 4) is 0 Å². The Bertz CT molecular complexity index is 1010. The highest BCUT2D eigenvalue weighted by molar-refractivity contribution is 5.92. The SMILES string of the molecule is Cc1ccc(C)c(NC(=O)C[NH+](C)[C@@H](C)C(=O)NC(c2ccccc2)c2ccccc2)c1. The van der Waals surface area contributed by atoms with Crippen LogP contribution in [0, 0.1) is 13.8 Å². The van der Waals surface area contributed by atoms with Crippen LogP contribution < -0.4 is 15.5 Å². The van der Waals surface area contributed by atoms with Crippen LogP contribution in [-0.4, -0.2) is 31.4 Å². The summed E-state index contributed by atoms with van der Waals surface area (Å²) in [6, 6.07) is 25.2. The molecule has 0 aromatic heterocycles. The van der Waals surface area contributed by atoms with E-state index in [9.17, 15) is 9.59 Å². The van der Waals surface area contributed by atoms with E-state index < -0.39 is 6.04 Å². The van der Waals surface area contributed by atoms with E-state index in [-0.39, 0.29) is 24.4 Å². The lowest BCUT2D eigenvalue weighted by Crippen LogP contribution is -3.15. The predicted octanol–water partition coefficient (Wildman–Crippen LogP) is 3.05. The molecule has 32 heavy (non-hydrogen) atoms. The zero-order valence-electron chi connectivity index (χ0n) is 19.2. The molecule has 0 spiro atoms. The molecular weight excluding hydrogens is 398 g/mol. The summed E-state index contributed by atoms with van der Waals surface area (Å²) in [5, 5.41) is 6.16. The molecule has 2 amide bonds. The summed E-state index contributed by atoms with van der Waals surface area (Å²) in [4.78, 5) is 26.6. The van der Waals surface area contributed by atoms with Crippen molar-refractivity contribution in [2.24, 2.45) is 0 Å². The van der Waals surface area contributed by atoms with Gasteiger partial charge in [-0.3, -0.25) is 9.59 Å². The first-order valence-corrected chi connectivity index (χ1v) is 10.9. The molecule has 0 aliphatic rings. The molecular formula is C27H32N3O2+. The summed E-state index contributed by atoms with van der Waals surface area (Å²) in [6.45, 7) is 6.01. The summed E-state index contributed by atoms with van der Waals surface area (Å²) in [5.41, 5.74) is 4.95. The molecule has 0 aliphatic heterocycles. The molecule has 0 radical (unpaired) electrons. The topological polar surface area (TPSA) is 62.6 Å². The minimum absolute atomic E-state index is 0.0975. The van der Waals surface area contributed by atoms with E-state index in [1.807, 2.05) is 107 Å². The highest BCUT2D eigenvalue weighted by Gasteiger charge is 2.27. The predicted molar refractivity (Wildman–Crippen MR) is 129 cm³/mol. The molecule has 0 fully saturated rings. The van der Waals surface area contributed by atoms with E-state index in [2.05, 4.69) is 10.6 Å². The summed E-state index contributed by atoms with van der Waals surface area (Å²) < 4.78 is 0. The van der Waals surface area contributed by atoms with Gasteiger partial charge in [0.15, 0.2) is 12.6 Å². The number of likely N-dealkylation sites (N-methyl/N-ethyl adjacent to an activating group) is 1. The third-order valence-electron chi connectivity index (χ3n) is 5.79. The van der Waals surface area contributed by atoms with Gasteiger partial charge in [0.1, 0.15) is 0 Å². The van der Waals surface area contributed by atoms with Crippen LogP contribution in [0.3, 0.4) is 0 Å². The van der Waals surface area contributed by atoms with Crippen LogP contribution in [0.4, 0.5) is 5.69 Å². The smallest absolute Gasteiger partial charge is 0.279 e. The molecule has 3 N–H and O–H groups in total. The molecule has 2 atom stereocenters. The second-order valence-electron chi connectivity index (χ2n) is 8.37. The van der Waals surface area contributed by atoms with Gasteiger partial charge in [0.2, 0.25) is 0 Å². The fourth-order valence-corrected chi connectivity index (χ4v) is 3.61. The lowest BCUT2D eigenvalue weighted by Gasteiger charge is -2.25. The highest BCUT2D eigenvalue weighted by Crippen LogP contribution is 2.21. The largest absolute Gasteiger partial charge is 0.340 e. The maximum Gasteiger partial charge on any atom is 0.279 e. The van der Waals surface area contributed by atoms with Crippen LogP contribution in [0.25, 0.3) is 0 Å². The Morgan fingerprint density at radius 3 is 2.00 bits per heavy atom. The van der Waals surface area contributed by atoms with Crippen molar-refractivity contribution in [1.29, 1.82) is 0 Å². The molecule has 3 rings (SSSR count). The Balaban J connectivity index is 1.66. The highest BCUT2D eigenvalue weighted by atomic mass is 16.2. The average Bonchev–Trinajstić information content (AvgIpc) is 2.80. The molecule has 5 nitrogen and oxygen atoms in total. The fraction of sp³-hybridized carbons (Fsp3) is 0.259. The molecule has 0 saturated carbocycles. The Kier molecular flexibility index (Phi) is 7.79. The molecule has 5 heteroatoms. The standard InChI is InChI=1S/C27H31N3O2/c1-19-15-16-20(2)24(17-19)28-25(31)18-30(4)21(3)27(32)29-26(22-11-7-5-8-12-22)23-13-9-6-10-14-23/h5-17,21,26H,18H2,1-4H3,(H,28,31)(H,29,32)/p+1/t21-/m0/s1. The van der Waals surface area contributed by atoms with Crippen LogP contribution in [-0.2, 0) is 9.59 Å². The number of carbonyl (C=O) groups is 2. The van der Waals surface area contributed by atoms with Gasteiger partial charge in [-0.1, -0.05) is 72.8 Å².